The first kappa shape index (κ1) is 21.9. The fourth-order valence-electron chi connectivity index (χ4n) is 3.73. The summed E-state index contributed by atoms with van der Waals surface area (Å²) in [6, 6.07) is 10.9. The van der Waals surface area contributed by atoms with Gasteiger partial charge in [0.05, 0.1) is 16.5 Å². The summed E-state index contributed by atoms with van der Waals surface area (Å²) in [5, 5.41) is 9.13. The molecule has 0 bridgehead atoms. The van der Waals surface area contributed by atoms with E-state index in [9.17, 15) is 8.42 Å². The van der Waals surface area contributed by atoms with Gasteiger partial charge in [-0.3, -0.25) is 4.90 Å². The standard InChI is InChI=1S/C21H25ClN4O4S/c1-2-29-20-11-14(3-5-17(20)22)13-26-9-7-15(8-10-26)24-21-25-18-12-16(31(23,27)28)4-6-19(18)30-21/h3-6,11-12,15H,2,7-10,13H2,1H3,(H,24,25)(H2,23,27,28). The first-order valence-corrected chi connectivity index (χ1v) is 12.1. The molecule has 8 nitrogen and oxygen atoms in total. The summed E-state index contributed by atoms with van der Waals surface area (Å²) < 4.78 is 34.3. The third-order valence-electron chi connectivity index (χ3n) is 5.30. The SMILES string of the molecule is CCOc1cc(CN2CCC(Nc3nc4cc(S(N)(=O)=O)ccc4o3)CC2)ccc1Cl. The highest BCUT2D eigenvalue weighted by atomic mass is 35.5. The van der Waals surface area contributed by atoms with Crippen LogP contribution in [0.5, 0.6) is 5.75 Å². The minimum Gasteiger partial charge on any atom is -0.492 e. The minimum atomic E-state index is -3.78. The number of ether oxygens (including phenoxy) is 1. The Hall–Kier alpha value is -2.33. The number of hydrogen-bond acceptors (Lipinski definition) is 7. The zero-order valence-corrected chi connectivity index (χ0v) is 18.7. The molecular formula is C21H25ClN4O4S. The number of nitrogens with zero attached hydrogens (tertiary/aromatic N) is 2. The number of aromatic nitrogens is 1. The summed E-state index contributed by atoms with van der Waals surface area (Å²) in [6.07, 6.45) is 1.88. The van der Waals surface area contributed by atoms with Gasteiger partial charge in [-0.05, 0) is 55.7 Å². The number of piperidine rings is 1. The fraction of sp³-hybridized carbons (Fsp3) is 0.381. The van der Waals surface area contributed by atoms with Gasteiger partial charge in [-0.1, -0.05) is 17.7 Å². The molecule has 0 radical (unpaired) electrons. The van der Waals surface area contributed by atoms with Crippen LogP contribution in [0.3, 0.4) is 0 Å². The Bertz CT molecular complexity index is 1170. The summed E-state index contributed by atoms with van der Waals surface area (Å²) in [6.45, 7) is 5.22. The number of likely N-dealkylation sites (tertiary alicyclic amines) is 1. The lowest BCUT2D eigenvalue weighted by Gasteiger charge is -2.32. The van der Waals surface area contributed by atoms with Crippen LogP contribution >= 0.6 is 11.6 Å². The largest absolute Gasteiger partial charge is 0.492 e. The summed E-state index contributed by atoms with van der Waals surface area (Å²) in [5.41, 5.74) is 2.14. The van der Waals surface area contributed by atoms with Crippen molar-refractivity contribution in [2.75, 3.05) is 25.0 Å². The topological polar surface area (TPSA) is 111 Å². The maximum Gasteiger partial charge on any atom is 0.295 e. The van der Waals surface area contributed by atoms with Crippen LogP contribution in [0.4, 0.5) is 6.01 Å². The molecule has 2 aromatic carbocycles. The highest BCUT2D eigenvalue weighted by Gasteiger charge is 2.21. The average molecular weight is 465 g/mol. The van der Waals surface area contributed by atoms with Crippen molar-refractivity contribution in [3.8, 4) is 5.75 Å². The van der Waals surface area contributed by atoms with Crippen LogP contribution in [0.1, 0.15) is 25.3 Å². The highest BCUT2D eigenvalue weighted by Crippen LogP contribution is 2.27. The second-order valence-corrected chi connectivity index (χ2v) is 9.55. The second-order valence-electron chi connectivity index (χ2n) is 7.59. The van der Waals surface area contributed by atoms with Crippen LogP contribution < -0.4 is 15.2 Å². The average Bonchev–Trinajstić information content (AvgIpc) is 3.13. The van der Waals surface area contributed by atoms with Crippen molar-refractivity contribution in [1.29, 1.82) is 0 Å². The number of rotatable bonds is 7. The number of benzene rings is 2. The molecule has 3 N–H and O–H groups in total. The lowest BCUT2D eigenvalue weighted by Crippen LogP contribution is -2.38. The van der Waals surface area contributed by atoms with E-state index in [0.29, 0.717) is 28.7 Å². The molecule has 10 heteroatoms. The zero-order valence-electron chi connectivity index (χ0n) is 17.2. The van der Waals surface area contributed by atoms with E-state index in [-0.39, 0.29) is 10.9 Å². The lowest BCUT2D eigenvalue weighted by molar-refractivity contribution is 0.210. The molecule has 0 aliphatic carbocycles. The molecule has 0 atom stereocenters. The third-order valence-corrected chi connectivity index (χ3v) is 6.53. The quantitative estimate of drug-likeness (QED) is 0.549. The summed E-state index contributed by atoms with van der Waals surface area (Å²) in [4.78, 5) is 6.77. The molecule has 0 unspecified atom stereocenters. The smallest absolute Gasteiger partial charge is 0.295 e. The van der Waals surface area contributed by atoms with E-state index in [1.165, 1.54) is 17.7 Å². The van der Waals surface area contributed by atoms with Gasteiger partial charge in [0.2, 0.25) is 10.0 Å². The Morgan fingerprint density at radius 3 is 2.74 bits per heavy atom. The van der Waals surface area contributed by atoms with Gasteiger partial charge in [-0.25, -0.2) is 13.6 Å². The van der Waals surface area contributed by atoms with Gasteiger partial charge in [-0.2, -0.15) is 4.98 Å². The van der Waals surface area contributed by atoms with E-state index < -0.39 is 10.0 Å². The summed E-state index contributed by atoms with van der Waals surface area (Å²) in [7, 11) is -3.78. The first-order chi connectivity index (χ1) is 14.8. The van der Waals surface area contributed by atoms with E-state index >= 15 is 0 Å². The molecule has 1 saturated heterocycles. The van der Waals surface area contributed by atoms with Crippen molar-refractivity contribution < 1.29 is 17.6 Å². The van der Waals surface area contributed by atoms with Crippen LogP contribution in [0.15, 0.2) is 45.7 Å². The van der Waals surface area contributed by atoms with Crippen molar-refractivity contribution in [2.45, 2.75) is 37.2 Å². The van der Waals surface area contributed by atoms with E-state index in [1.54, 1.807) is 6.07 Å². The molecule has 0 saturated carbocycles. The molecule has 2 heterocycles. The Balaban J connectivity index is 1.34. The molecule has 1 aliphatic rings. The molecule has 3 aromatic rings. The zero-order chi connectivity index (χ0) is 22.0. The summed E-state index contributed by atoms with van der Waals surface area (Å²) in [5.74, 6) is 0.722. The van der Waals surface area contributed by atoms with Crippen molar-refractivity contribution in [3.05, 3.63) is 47.0 Å². The molecule has 1 fully saturated rings. The third kappa shape index (κ3) is 5.30. The minimum absolute atomic E-state index is 0.0165. The predicted molar refractivity (Wildman–Crippen MR) is 120 cm³/mol. The molecule has 0 spiro atoms. The Labute approximate surface area is 186 Å². The number of nitrogens with one attached hydrogen (secondary N) is 1. The normalized spacial score (nSPS) is 16.0. The number of halogens is 1. The summed E-state index contributed by atoms with van der Waals surface area (Å²) >= 11 is 6.18. The van der Waals surface area contributed by atoms with Gasteiger partial charge in [0.1, 0.15) is 11.3 Å². The van der Waals surface area contributed by atoms with E-state index in [2.05, 4.69) is 15.2 Å². The Kier molecular flexibility index (Phi) is 6.38. The van der Waals surface area contributed by atoms with E-state index in [4.69, 9.17) is 25.9 Å². The van der Waals surface area contributed by atoms with Crippen molar-refractivity contribution in [2.24, 2.45) is 5.14 Å². The molecule has 166 valence electrons. The predicted octanol–water partition coefficient (Wildman–Crippen LogP) is 3.60. The van der Waals surface area contributed by atoms with Gasteiger partial charge < -0.3 is 14.5 Å². The van der Waals surface area contributed by atoms with Gasteiger partial charge in [0.15, 0.2) is 5.58 Å². The van der Waals surface area contributed by atoms with Crippen LogP contribution in [-0.2, 0) is 16.6 Å². The number of oxazole rings is 1. The number of hydrogen-bond donors (Lipinski definition) is 2. The van der Waals surface area contributed by atoms with Gasteiger partial charge in [0.25, 0.3) is 6.01 Å². The molecule has 1 aromatic heterocycles. The van der Waals surface area contributed by atoms with E-state index in [1.807, 2.05) is 25.1 Å². The maximum atomic E-state index is 11.5. The monoisotopic (exact) mass is 464 g/mol. The fourth-order valence-corrected chi connectivity index (χ4v) is 4.43. The van der Waals surface area contributed by atoms with E-state index in [0.717, 1.165) is 38.2 Å². The van der Waals surface area contributed by atoms with Crippen LogP contribution in [0, 0.1) is 0 Å². The number of primary sulfonamides is 1. The second kappa shape index (κ2) is 9.04. The lowest BCUT2D eigenvalue weighted by atomic mass is 10.0. The molecule has 31 heavy (non-hydrogen) atoms. The van der Waals surface area contributed by atoms with Crippen molar-refractivity contribution in [1.82, 2.24) is 9.88 Å². The molecule has 1 aliphatic heterocycles. The van der Waals surface area contributed by atoms with Crippen LogP contribution in [0.2, 0.25) is 5.02 Å². The number of fused-ring (bicyclic) bond motifs is 1. The Morgan fingerprint density at radius 1 is 1.26 bits per heavy atom. The van der Waals surface area contributed by atoms with Gasteiger partial charge in [-0.15, -0.1) is 0 Å². The van der Waals surface area contributed by atoms with Crippen molar-refractivity contribution >= 4 is 38.7 Å². The molecular weight excluding hydrogens is 440 g/mol. The maximum absolute atomic E-state index is 11.5. The number of nitrogens with two attached hydrogens (primary N) is 1. The molecule has 4 rings (SSSR count). The molecule has 0 amide bonds. The van der Waals surface area contributed by atoms with Crippen LogP contribution in [0.25, 0.3) is 11.1 Å². The van der Waals surface area contributed by atoms with Gasteiger partial charge >= 0.3 is 0 Å². The van der Waals surface area contributed by atoms with Crippen molar-refractivity contribution in [3.63, 3.8) is 0 Å². The van der Waals surface area contributed by atoms with Crippen LogP contribution in [-0.4, -0.2) is 44.0 Å². The Morgan fingerprint density at radius 2 is 2.03 bits per heavy atom. The number of sulfonamides is 1. The van der Waals surface area contributed by atoms with Gasteiger partial charge in [0, 0.05) is 25.7 Å². The number of anilines is 1. The first-order valence-electron chi connectivity index (χ1n) is 10.2. The highest BCUT2D eigenvalue weighted by molar-refractivity contribution is 7.89.